The van der Waals surface area contributed by atoms with E-state index >= 15 is 0 Å². The second-order valence-electron chi connectivity index (χ2n) is 3.97. The van der Waals surface area contributed by atoms with Crippen LogP contribution in [0, 0.1) is 25.5 Å². The minimum atomic E-state index is -1.22. The Balaban J connectivity index is 2.43. The number of halogens is 2. The van der Waals surface area contributed by atoms with Gasteiger partial charge in [0.2, 0.25) is 0 Å². The number of rotatable bonds is 2. The molecule has 2 nitrogen and oxygen atoms in total. The molecule has 1 N–H and O–H groups in total. The van der Waals surface area contributed by atoms with Gasteiger partial charge in [-0.25, -0.2) is 8.78 Å². The molecule has 2 rings (SSSR count). The first kappa shape index (κ1) is 11.8. The Morgan fingerprint density at radius 2 is 1.82 bits per heavy atom. The molecule has 90 valence electrons. The Morgan fingerprint density at radius 3 is 2.41 bits per heavy atom. The predicted octanol–water partition coefficient (Wildman–Crippen LogP) is 3.26. The quantitative estimate of drug-likeness (QED) is 0.871. The lowest BCUT2D eigenvalue weighted by Gasteiger charge is -2.10. The number of aliphatic hydroxyl groups is 1. The third-order valence-electron chi connectivity index (χ3n) is 2.60. The van der Waals surface area contributed by atoms with Gasteiger partial charge in [-0.1, -0.05) is 0 Å². The molecule has 0 radical (unpaired) electrons. The molecule has 2 aromatic rings. The van der Waals surface area contributed by atoms with Crippen LogP contribution in [0.3, 0.4) is 0 Å². The van der Waals surface area contributed by atoms with E-state index < -0.39 is 17.7 Å². The molecule has 1 aromatic carbocycles. The lowest BCUT2D eigenvalue weighted by molar-refractivity contribution is 0.183. The molecule has 0 aliphatic heterocycles. The van der Waals surface area contributed by atoms with Gasteiger partial charge < -0.3 is 9.52 Å². The molecule has 1 heterocycles. The van der Waals surface area contributed by atoms with E-state index in [1.54, 1.807) is 19.1 Å². The van der Waals surface area contributed by atoms with E-state index in [-0.39, 0.29) is 16.9 Å². The van der Waals surface area contributed by atoms with Crippen molar-refractivity contribution >= 4 is 0 Å². The summed E-state index contributed by atoms with van der Waals surface area (Å²) in [7, 11) is 0. The number of furan rings is 1. The zero-order chi connectivity index (χ0) is 12.6. The van der Waals surface area contributed by atoms with E-state index in [0.717, 1.165) is 6.07 Å². The lowest BCUT2D eigenvalue weighted by atomic mass is 10.0. The highest BCUT2D eigenvalue weighted by Gasteiger charge is 2.19. The zero-order valence-electron chi connectivity index (χ0n) is 9.50. The maximum atomic E-state index is 13.5. The second kappa shape index (κ2) is 4.30. The van der Waals surface area contributed by atoms with Crippen molar-refractivity contribution in [3.63, 3.8) is 0 Å². The van der Waals surface area contributed by atoms with Gasteiger partial charge in [0, 0.05) is 11.6 Å². The van der Waals surface area contributed by atoms with Gasteiger partial charge in [0.25, 0.3) is 0 Å². The van der Waals surface area contributed by atoms with Crippen LogP contribution in [0.15, 0.2) is 28.7 Å². The molecule has 0 amide bonds. The topological polar surface area (TPSA) is 33.4 Å². The highest BCUT2D eigenvalue weighted by Crippen LogP contribution is 2.27. The average Bonchev–Trinajstić information content (AvgIpc) is 2.69. The Labute approximate surface area is 97.5 Å². The van der Waals surface area contributed by atoms with Crippen LogP contribution in [0.2, 0.25) is 0 Å². The highest BCUT2D eigenvalue weighted by atomic mass is 19.1. The van der Waals surface area contributed by atoms with Crippen molar-refractivity contribution in [3.8, 4) is 0 Å². The summed E-state index contributed by atoms with van der Waals surface area (Å²) >= 11 is 0. The van der Waals surface area contributed by atoms with E-state index in [0.29, 0.717) is 5.76 Å². The molecule has 4 heteroatoms. The van der Waals surface area contributed by atoms with Crippen molar-refractivity contribution in [2.45, 2.75) is 20.0 Å². The van der Waals surface area contributed by atoms with Crippen molar-refractivity contribution in [1.82, 2.24) is 0 Å². The van der Waals surface area contributed by atoms with Crippen LogP contribution in [-0.4, -0.2) is 5.11 Å². The molecule has 0 aliphatic carbocycles. The Kier molecular flexibility index (Phi) is 2.98. The largest absolute Gasteiger partial charge is 0.463 e. The normalized spacial score (nSPS) is 12.8. The van der Waals surface area contributed by atoms with Crippen LogP contribution in [0.25, 0.3) is 0 Å². The number of hydrogen-bond acceptors (Lipinski definition) is 2. The van der Waals surface area contributed by atoms with E-state index in [2.05, 4.69) is 0 Å². The standard InChI is InChI=1S/C13H12F2O2/c1-7-5-9(11(15)6-10(7)14)13(16)12-4-3-8(2)17-12/h3-6,13,16H,1-2H3. The van der Waals surface area contributed by atoms with Gasteiger partial charge in [0.1, 0.15) is 29.3 Å². The summed E-state index contributed by atoms with van der Waals surface area (Å²) in [6.07, 6.45) is -1.22. The summed E-state index contributed by atoms with van der Waals surface area (Å²) in [6, 6.07) is 5.29. The number of hydrogen-bond donors (Lipinski definition) is 1. The maximum Gasteiger partial charge on any atom is 0.139 e. The van der Waals surface area contributed by atoms with Crippen molar-refractivity contribution in [2.24, 2.45) is 0 Å². The van der Waals surface area contributed by atoms with E-state index in [4.69, 9.17) is 4.42 Å². The summed E-state index contributed by atoms with van der Waals surface area (Å²) in [5, 5.41) is 9.95. The summed E-state index contributed by atoms with van der Waals surface area (Å²) in [6.45, 7) is 3.24. The van der Waals surface area contributed by atoms with E-state index in [1.165, 1.54) is 13.0 Å². The zero-order valence-corrected chi connectivity index (χ0v) is 9.50. The first-order valence-corrected chi connectivity index (χ1v) is 5.19. The average molecular weight is 238 g/mol. The van der Waals surface area contributed by atoms with Crippen molar-refractivity contribution in [2.75, 3.05) is 0 Å². The van der Waals surface area contributed by atoms with Crippen LogP contribution >= 0.6 is 0 Å². The maximum absolute atomic E-state index is 13.5. The second-order valence-corrected chi connectivity index (χ2v) is 3.97. The summed E-state index contributed by atoms with van der Waals surface area (Å²) in [5.41, 5.74) is 0.293. The van der Waals surface area contributed by atoms with Crippen molar-refractivity contribution in [1.29, 1.82) is 0 Å². The minimum Gasteiger partial charge on any atom is -0.463 e. The summed E-state index contributed by atoms with van der Waals surface area (Å²) < 4.78 is 31.8. The highest BCUT2D eigenvalue weighted by molar-refractivity contribution is 5.31. The van der Waals surface area contributed by atoms with Crippen LogP contribution in [-0.2, 0) is 0 Å². The molecular formula is C13H12F2O2. The lowest BCUT2D eigenvalue weighted by Crippen LogP contribution is -2.03. The van der Waals surface area contributed by atoms with Crippen LogP contribution in [0.1, 0.15) is 28.8 Å². The molecule has 1 aromatic heterocycles. The Morgan fingerprint density at radius 1 is 1.12 bits per heavy atom. The van der Waals surface area contributed by atoms with Crippen LogP contribution in [0.5, 0.6) is 0 Å². The molecule has 0 bridgehead atoms. The molecule has 0 saturated heterocycles. The van der Waals surface area contributed by atoms with Gasteiger partial charge in [-0.05, 0) is 37.6 Å². The van der Waals surface area contributed by atoms with Gasteiger partial charge in [0.05, 0.1) is 0 Å². The SMILES string of the molecule is Cc1ccc(C(O)c2cc(C)c(F)cc2F)o1. The van der Waals surface area contributed by atoms with Gasteiger partial charge in [0.15, 0.2) is 0 Å². The molecule has 0 fully saturated rings. The fourth-order valence-electron chi connectivity index (χ4n) is 1.64. The summed E-state index contributed by atoms with van der Waals surface area (Å²) in [4.78, 5) is 0. The van der Waals surface area contributed by atoms with Gasteiger partial charge in [-0.3, -0.25) is 0 Å². The first-order valence-electron chi connectivity index (χ1n) is 5.19. The molecule has 0 spiro atoms. The Bertz CT molecular complexity index is 546. The predicted molar refractivity (Wildman–Crippen MR) is 58.6 cm³/mol. The van der Waals surface area contributed by atoms with Crippen molar-refractivity contribution in [3.05, 3.63) is 58.5 Å². The third kappa shape index (κ3) is 2.22. The van der Waals surface area contributed by atoms with Crippen LogP contribution < -0.4 is 0 Å². The summed E-state index contributed by atoms with van der Waals surface area (Å²) in [5.74, 6) is -0.547. The van der Waals surface area contributed by atoms with Gasteiger partial charge in [-0.15, -0.1) is 0 Å². The van der Waals surface area contributed by atoms with Gasteiger partial charge in [-0.2, -0.15) is 0 Å². The molecule has 17 heavy (non-hydrogen) atoms. The molecule has 0 aliphatic rings. The van der Waals surface area contributed by atoms with E-state index in [1.807, 2.05) is 0 Å². The molecular weight excluding hydrogens is 226 g/mol. The monoisotopic (exact) mass is 238 g/mol. The minimum absolute atomic E-state index is 0.0123. The van der Waals surface area contributed by atoms with Gasteiger partial charge >= 0.3 is 0 Å². The third-order valence-corrected chi connectivity index (χ3v) is 2.60. The number of aliphatic hydroxyl groups excluding tert-OH is 1. The first-order chi connectivity index (χ1) is 7.99. The Hall–Kier alpha value is -1.68. The number of aryl methyl sites for hydroxylation is 2. The molecule has 0 saturated carbocycles. The number of benzene rings is 1. The van der Waals surface area contributed by atoms with Crippen molar-refractivity contribution < 1.29 is 18.3 Å². The van der Waals surface area contributed by atoms with E-state index in [9.17, 15) is 13.9 Å². The fraction of sp³-hybridized carbons (Fsp3) is 0.231. The smallest absolute Gasteiger partial charge is 0.139 e. The van der Waals surface area contributed by atoms with Crippen LogP contribution in [0.4, 0.5) is 8.78 Å². The molecule has 1 unspecified atom stereocenters. The fourth-order valence-corrected chi connectivity index (χ4v) is 1.64. The molecule has 1 atom stereocenters.